The Kier molecular flexibility index (Phi) is 9.02. The van der Waals surface area contributed by atoms with Crippen molar-refractivity contribution in [2.24, 2.45) is 5.92 Å². The fourth-order valence-electron chi connectivity index (χ4n) is 2.78. The van der Waals surface area contributed by atoms with Gasteiger partial charge in [-0.3, -0.25) is 25.2 Å². The summed E-state index contributed by atoms with van der Waals surface area (Å²) in [6.07, 6.45) is -1.08. The molecule has 0 radical (unpaired) electrons. The van der Waals surface area contributed by atoms with E-state index in [0.29, 0.717) is 11.5 Å². The molecular formula is C23H28FN3O6. The van der Waals surface area contributed by atoms with Gasteiger partial charge in [-0.2, -0.15) is 0 Å². The van der Waals surface area contributed by atoms with Gasteiger partial charge in [-0.25, -0.2) is 4.39 Å². The predicted molar refractivity (Wildman–Crippen MR) is 118 cm³/mol. The van der Waals surface area contributed by atoms with Gasteiger partial charge >= 0.3 is 0 Å². The van der Waals surface area contributed by atoms with Crippen molar-refractivity contribution >= 4 is 17.7 Å². The minimum atomic E-state index is -1.08. The quantitative estimate of drug-likeness (QED) is 0.494. The SMILES string of the molecule is COc1cc(OC)cc(C(=O)N[C@H](C(=O)NNC(=O)C(C)Oc2ccccc2F)C(C)C)c1. The van der Waals surface area contributed by atoms with E-state index in [1.807, 2.05) is 0 Å². The van der Waals surface area contributed by atoms with E-state index < -0.39 is 35.7 Å². The summed E-state index contributed by atoms with van der Waals surface area (Å²) in [5.41, 5.74) is 4.74. The van der Waals surface area contributed by atoms with E-state index in [4.69, 9.17) is 14.2 Å². The number of hydrogen-bond acceptors (Lipinski definition) is 6. The van der Waals surface area contributed by atoms with Gasteiger partial charge in [-0.1, -0.05) is 26.0 Å². The number of carbonyl (C=O) groups is 3. The topological polar surface area (TPSA) is 115 Å². The van der Waals surface area contributed by atoms with Gasteiger partial charge < -0.3 is 19.5 Å². The number of nitrogens with one attached hydrogen (secondary N) is 3. The number of halogens is 1. The van der Waals surface area contributed by atoms with Gasteiger partial charge in [-0.15, -0.1) is 0 Å². The van der Waals surface area contributed by atoms with Crippen molar-refractivity contribution in [1.29, 1.82) is 0 Å². The zero-order chi connectivity index (χ0) is 24.5. The maximum absolute atomic E-state index is 13.7. The molecule has 3 N–H and O–H groups in total. The molecule has 0 bridgehead atoms. The Morgan fingerprint density at radius 3 is 2.00 bits per heavy atom. The van der Waals surface area contributed by atoms with E-state index in [1.54, 1.807) is 26.0 Å². The fraction of sp³-hybridized carbons (Fsp3) is 0.348. The van der Waals surface area contributed by atoms with E-state index in [9.17, 15) is 18.8 Å². The third-order valence-electron chi connectivity index (χ3n) is 4.67. The molecule has 2 atom stereocenters. The third-order valence-corrected chi connectivity index (χ3v) is 4.67. The maximum Gasteiger partial charge on any atom is 0.279 e. The Balaban J connectivity index is 2.00. The molecule has 178 valence electrons. The first-order chi connectivity index (χ1) is 15.7. The second-order valence-corrected chi connectivity index (χ2v) is 7.47. The highest BCUT2D eigenvalue weighted by atomic mass is 19.1. The largest absolute Gasteiger partial charge is 0.497 e. The smallest absolute Gasteiger partial charge is 0.279 e. The average Bonchev–Trinajstić information content (AvgIpc) is 2.81. The van der Waals surface area contributed by atoms with Crippen LogP contribution in [-0.2, 0) is 9.59 Å². The molecule has 33 heavy (non-hydrogen) atoms. The molecule has 9 nitrogen and oxygen atoms in total. The van der Waals surface area contributed by atoms with Crippen LogP contribution >= 0.6 is 0 Å². The Labute approximate surface area is 191 Å². The van der Waals surface area contributed by atoms with Crippen molar-refractivity contribution in [2.75, 3.05) is 14.2 Å². The van der Waals surface area contributed by atoms with Crippen LogP contribution in [-0.4, -0.2) is 44.1 Å². The molecule has 0 heterocycles. The predicted octanol–water partition coefficient (Wildman–Crippen LogP) is 2.21. The fourth-order valence-corrected chi connectivity index (χ4v) is 2.78. The van der Waals surface area contributed by atoms with Crippen molar-refractivity contribution in [3.63, 3.8) is 0 Å². The van der Waals surface area contributed by atoms with E-state index in [0.717, 1.165) is 0 Å². The minimum Gasteiger partial charge on any atom is -0.497 e. The number of benzene rings is 2. The average molecular weight is 461 g/mol. The molecule has 2 rings (SSSR count). The van der Waals surface area contributed by atoms with Crippen molar-refractivity contribution in [3.8, 4) is 17.2 Å². The van der Waals surface area contributed by atoms with Gasteiger partial charge in [0.25, 0.3) is 17.7 Å². The second kappa shape index (κ2) is 11.7. The summed E-state index contributed by atoms with van der Waals surface area (Å²) >= 11 is 0. The molecule has 10 heteroatoms. The standard InChI is InChI=1S/C23H28FN3O6/c1-13(2)20(25-22(29)15-10-16(31-4)12-17(11-15)32-5)23(30)27-26-21(28)14(3)33-19-9-7-6-8-18(19)24/h6-14,20H,1-5H3,(H,25,29)(H,26,28)(H,27,30)/t14?,20-/m0/s1. The summed E-state index contributed by atoms with van der Waals surface area (Å²) < 4.78 is 29.3. The molecule has 0 fully saturated rings. The van der Waals surface area contributed by atoms with Crippen LogP contribution in [0.15, 0.2) is 42.5 Å². The zero-order valence-corrected chi connectivity index (χ0v) is 19.1. The highest BCUT2D eigenvalue weighted by Gasteiger charge is 2.26. The Morgan fingerprint density at radius 1 is 0.879 bits per heavy atom. The number of ether oxygens (including phenoxy) is 3. The lowest BCUT2D eigenvalue weighted by atomic mass is 10.0. The molecule has 3 amide bonds. The third kappa shape index (κ3) is 7.09. The lowest BCUT2D eigenvalue weighted by Crippen LogP contribution is -2.56. The number of methoxy groups -OCH3 is 2. The normalized spacial score (nSPS) is 12.3. The van der Waals surface area contributed by atoms with Crippen LogP contribution in [0.1, 0.15) is 31.1 Å². The van der Waals surface area contributed by atoms with E-state index in [-0.39, 0.29) is 17.2 Å². The first-order valence-electron chi connectivity index (χ1n) is 10.2. The minimum absolute atomic E-state index is 0.0903. The molecule has 2 aromatic carbocycles. The lowest BCUT2D eigenvalue weighted by Gasteiger charge is -2.23. The molecule has 0 aromatic heterocycles. The van der Waals surface area contributed by atoms with Gasteiger partial charge in [0.1, 0.15) is 17.5 Å². The van der Waals surface area contributed by atoms with Gasteiger partial charge in [0.2, 0.25) is 0 Å². The molecule has 0 aliphatic carbocycles. The zero-order valence-electron chi connectivity index (χ0n) is 19.1. The lowest BCUT2D eigenvalue weighted by molar-refractivity contribution is -0.133. The summed E-state index contributed by atoms with van der Waals surface area (Å²) in [7, 11) is 2.92. The van der Waals surface area contributed by atoms with Crippen LogP contribution in [0, 0.1) is 11.7 Å². The van der Waals surface area contributed by atoms with Gasteiger partial charge in [0.05, 0.1) is 14.2 Å². The van der Waals surface area contributed by atoms with E-state index >= 15 is 0 Å². The number of rotatable bonds is 9. The number of hydrazine groups is 1. The van der Waals surface area contributed by atoms with Crippen molar-refractivity contribution in [3.05, 3.63) is 53.8 Å². The number of hydrogen-bond donors (Lipinski definition) is 3. The van der Waals surface area contributed by atoms with Gasteiger partial charge in [-0.05, 0) is 37.1 Å². The molecule has 0 saturated heterocycles. The summed E-state index contributed by atoms with van der Waals surface area (Å²) in [4.78, 5) is 37.6. The first-order valence-corrected chi connectivity index (χ1v) is 10.2. The van der Waals surface area contributed by atoms with Gasteiger partial charge in [0, 0.05) is 11.6 Å². The molecule has 2 aromatic rings. The summed E-state index contributed by atoms with van der Waals surface area (Å²) in [6, 6.07) is 9.33. The number of carbonyl (C=O) groups excluding carboxylic acids is 3. The number of para-hydroxylation sites is 1. The Hall–Kier alpha value is -3.82. The van der Waals surface area contributed by atoms with Gasteiger partial charge in [0.15, 0.2) is 17.7 Å². The molecule has 0 aliphatic rings. The number of amides is 3. The van der Waals surface area contributed by atoms with Crippen molar-refractivity contribution in [1.82, 2.24) is 16.2 Å². The Bertz CT molecular complexity index is 976. The van der Waals surface area contributed by atoms with Crippen molar-refractivity contribution in [2.45, 2.75) is 32.9 Å². The molecule has 0 spiro atoms. The monoisotopic (exact) mass is 461 g/mol. The van der Waals surface area contributed by atoms with E-state index in [2.05, 4.69) is 16.2 Å². The first kappa shape index (κ1) is 25.4. The van der Waals surface area contributed by atoms with E-state index in [1.165, 1.54) is 51.5 Å². The summed E-state index contributed by atoms with van der Waals surface area (Å²) in [5, 5.41) is 2.64. The van der Waals surface area contributed by atoms with Crippen LogP contribution in [0.2, 0.25) is 0 Å². The Morgan fingerprint density at radius 2 is 1.45 bits per heavy atom. The summed E-state index contributed by atoms with van der Waals surface area (Å²) in [5.74, 6) is -2.03. The maximum atomic E-state index is 13.7. The molecular weight excluding hydrogens is 433 g/mol. The highest BCUT2D eigenvalue weighted by molar-refractivity contribution is 5.98. The van der Waals surface area contributed by atoms with Crippen LogP contribution < -0.4 is 30.4 Å². The molecule has 1 unspecified atom stereocenters. The molecule has 0 saturated carbocycles. The van der Waals surface area contributed by atoms with Crippen LogP contribution in [0.5, 0.6) is 17.2 Å². The van der Waals surface area contributed by atoms with Crippen LogP contribution in [0.25, 0.3) is 0 Å². The second-order valence-electron chi connectivity index (χ2n) is 7.47. The summed E-state index contributed by atoms with van der Waals surface area (Å²) in [6.45, 7) is 4.89. The van der Waals surface area contributed by atoms with Crippen LogP contribution in [0.4, 0.5) is 4.39 Å². The highest BCUT2D eigenvalue weighted by Crippen LogP contribution is 2.22. The molecule has 0 aliphatic heterocycles. The van der Waals surface area contributed by atoms with Crippen molar-refractivity contribution < 1.29 is 33.0 Å². The van der Waals surface area contributed by atoms with Crippen LogP contribution in [0.3, 0.4) is 0 Å².